The molecule has 298 valence electrons. The first-order valence-corrected chi connectivity index (χ1v) is 17.0. The molecule has 0 aliphatic carbocycles. The van der Waals surface area contributed by atoms with Gasteiger partial charge in [0, 0.05) is 31.7 Å². The Hall–Kier alpha value is -5.05. The lowest BCUT2D eigenvalue weighted by molar-refractivity contribution is -0.203. The SMILES string of the molecule is COCC(C)NC(=O)COc1ccc(C(NC(=O)CNC(=O)C(N)CC(=O)N[C@@H]2OC(CO)[C@@H](O)C(O)C2NC(C)=O)c2ccc(OC)cc2OC)cc1. The molecule has 1 fully saturated rings. The second kappa shape index (κ2) is 21.0. The molecule has 1 aliphatic heterocycles. The minimum absolute atomic E-state index is 0.197. The molecule has 0 spiro atoms. The van der Waals surface area contributed by atoms with Crippen LogP contribution in [0.1, 0.15) is 37.4 Å². The molecule has 8 atom stereocenters. The third-order valence-corrected chi connectivity index (χ3v) is 8.23. The first-order valence-electron chi connectivity index (χ1n) is 17.0. The summed E-state index contributed by atoms with van der Waals surface area (Å²) in [5.74, 6) is -1.89. The number of nitrogens with two attached hydrogens (primary N) is 1. The Morgan fingerprint density at radius 2 is 1.57 bits per heavy atom. The minimum atomic E-state index is -1.60. The van der Waals surface area contributed by atoms with E-state index in [0.29, 0.717) is 35.0 Å². The fourth-order valence-corrected chi connectivity index (χ4v) is 5.57. The predicted molar refractivity (Wildman–Crippen MR) is 190 cm³/mol. The number of methoxy groups -OCH3 is 3. The van der Waals surface area contributed by atoms with Gasteiger partial charge in [-0.05, 0) is 36.8 Å². The largest absolute Gasteiger partial charge is 0.497 e. The molecule has 0 aromatic heterocycles. The number of nitrogens with one attached hydrogen (secondary N) is 5. The van der Waals surface area contributed by atoms with Crippen molar-refractivity contribution in [3.63, 3.8) is 0 Å². The van der Waals surface area contributed by atoms with Crippen molar-refractivity contribution < 1.29 is 63.0 Å². The molecule has 19 heteroatoms. The zero-order valence-corrected chi connectivity index (χ0v) is 30.7. The van der Waals surface area contributed by atoms with E-state index in [9.17, 15) is 39.3 Å². The second-order valence-corrected chi connectivity index (χ2v) is 12.5. The molecule has 19 nitrogen and oxygen atoms in total. The Labute approximate surface area is 312 Å². The lowest BCUT2D eigenvalue weighted by Gasteiger charge is -2.42. The van der Waals surface area contributed by atoms with Crippen LogP contribution in [0.2, 0.25) is 0 Å². The predicted octanol–water partition coefficient (Wildman–Crippen LogP) is -2.67. The van der Waals surface area contributed by atoms with Crippen molar-refractivity contribution in [2.45, 2.75) is 69.0 Å². The minimum Gasteiger partial charge on any atom is -0.497 e. The topological polar surface area (TPSA) is 278 Å². The molecule has 1 heterocycles. The summed E-state index contributed by atoms with van der Waals surface area (Å²) < 4.78 is 27.0. The van der Waals surface area contributed by atoms with Crippen molar-refractivity contribution in [2.75, 3.05) is 47.7 Å². The van der Waals surface area contributed by atoms with Gasteiger partial charge in [0.1, 0.15) is 41.6 Å². The van der Waals surface area contributed by atoms with Crippen LogP contribution in [0.3, 0.4) is 0 Å². The fourth-order valence-electron chi connectivity index (χ4n) is 5.57. The Morgan fingerprint density at radius 3 is 2.19 bits per heavy atom. The van der Waals surface area contributed by atoms with Gasteiger partial charge in [0.15, 0.2) is 12.8 Å². The quantitative estimate of drug-likeness (QED) is 0.0707. The number of hydrogen-bond acceptors (Lipinski definition) is 14. The normalized spacial score (nSPS) is 21.0. The van der Waals surface area contributed by atoms with Crippen LogP contribution in [0.15, 0.2) is 42.5 Å². The van der Waals surface area contributed by atoms with Crippen LogP contribution in [0.5, 0.6) is 17.2 Å². The number of aliphatic hydroxyl groups excluding tert-OH is 3. The zero-order valence-electron chi connectivity index (χ0n) is 30.7. The molecule has 54 heavy (non-hydrogen) atoms. The maximum Gasteiger partial charge on any atom is 0.258 e. The van der Waals surface area contributed by atoms with Gasteiger partial charge in [0.25, 0.3) is 5.91 Å². The second-order valence-electron chi connectivity index (χ2n) is 12.5. The van der Waals surface area contributed by atoms with Gasteiger partial charge < -0.3 is 71.3 Å². The van der Waals surface area contributed by atoms with E-state index in [1.54, 1.807) is 49.4 Å². The third-order valence-electron chi connectivity index (χ3n) is 8.23. The van der Waals surface area contributed by atoms with Gasteiger partial charge >= 0.3 is 0 Å². The van der Waals surface area contributed by atoms with E-state index >= 15 is 0 Å². The van der Waals surface area contributed by atoms with Crippen LogP contribution in [0, 0.1) is 0 Å². The molecule has 5 amide bonds. The lowest BCUT2D eigenvalue weighted by atomic mass is 9.95. The Bertz CT molecular complexity index is 1580. The number of carbonyl (C=O) groups excluding carboxylic acids is 5. The maximum atomic E-state index is 13.2. The summed E-state index contributed by atoms with van der Waals surface area (Å²) in [6.07, 6.45) is -6.39. The van der Waals surface area contributed by atoms with Crippen molar-refractivity contribution >= 4 is 29.5 Å². The summed E-state index contributed by atoms with van der Waals surface area (Å²) >= 11 is 0. The van der Waals surface area contributed by atoms with Crippen molar-refractivity contribution in [3.8, 4) is 17.2 Å². The van der Waals surface area contributed by atoms with E-state index in [1.807, 2.05) is 0 Å². The highest BCUT2D eigenvalue weighted by molar-refractivity contribution is 5.91. The highest BCUT2D eigenvalue weighted by Crippen LogP contribution is 2.34. The summed E-state index contributed by atoms with van der Waals surface area (Å²) in [6, 6.07) is 7.98. The van der Waals surface area contributed by atoms with E-state index in [-0.39, 0.29) is 18.6 Å². The van der Waals surface area contributed by atoms with Gasteiger partial charge in [-0.3, -0.25) is 24.0 Å². The summed E-state index contributed by atoms with van der Waals surface area (Å²) in [5.41, 5.74) is 7.10. The van der Waals surface area contributed by atoms with Gasteiger partial charge in [-0.2, -0.15) is 0 Å². The number of aliphatic hydroxyl groups is 3. The number of ether oxygens (including phenoxy) is 5. The molecular formula is C35H50N6O13. The number of hydrogen-bond donors (Lipinski definition) is 9. The zero-order chi connectivity index (χ0) is 39.9. The lowest BCUT2D eigenvalue weighted by Crippen LogP contribution is -2.68. The third kappa shape index (κ3) is 12.5. The average Bonchev–Trinajstić information content (AvgIpc) is 3.14. The molecular weight excluding hydrogens is 712 g/mol. The summed E-state index contributed by atoms with van der Waals surface area (Å²) in [4.78, 5) is 62.8. The molecule has 0 bridgehead atoms. The Kier molecular flexibility index (Phi) is 16.9. The van der Waals surface area contributed by atoms with E-state index < -0.39 is 85.9 Å². The van der Waals surface area contributed by atoms with Crippen molar-refractivity contribution in [2.24, 2.45) is 5.73 Å². The Morgan fingerprint density at radius 1 is 0.889 bits per heavy atom. The van der Waals surface area contributed by atoms with Crippen molar-refractivity contribution in [1.82, 2.24) is 26.6 Å². The molecule has 1 aliphatic rings. The van der Waals surface area contributed by atoms with Gasteiger partial charge in [0.2, 0.25) is 23.6 Å². The smallest absolute Gasteiger partial charge is 0.258 e. The van der Waals surface area contributed by atoms with Crippen LogP contribution in [-0.2, 0) is 33.4 Å². The fraction of sp³-hybridized carbons (Fsp3) is 0.514. The van der Waals surface area contributed by atoms with E-state index in [2.05, 4.69) is 26.6 Å². The van der Waals surface area contributed by atoms with Crippen LogP contribution in [-0.4, -0.2) is 135 Å². The average molecular weight is 763 g/mol. The highest BCUT2D eigenvalue weighted by Gasteiger charge is 2.45. The first-order chi connectivity index (χ1) is 25.7. The first kappa shape index (κ1) is 43.4. The molecule has 0 radical (unpaired) electrons. The summed E-state index contributed by atoms with van der Waals surface area (Å²) in [7, 11) is 4.49. The monoisotopic (exact) mass is 762 g/mol. The molecule has 1 saturated heterocycles. The Balaban J connectivity index is 1.66. The van der Waals surface area contributed by atoms with Gasteiger partial charge in [-0.15, -0.1) is 0 Å². The number of amides is 5. The maximum absolute atomic E-state index is 13.2. The van der Waals surface area contributed by atoms with Crippen LogP contribution in [0.25, 0.3) is 0 Å². The van der Waals surface area contributed by atoms with Gasteiger partial charge in [-0.25, -0.2) is 0 Å². The number of benzene rings is 2. The van der Waals surface area contributed by atoms with E-state index in [4.69, 9.17) is 29.4 Å². The number of carbonyl (C=O) groups is 5. The van der Waals surface area contributed by atoms with Crippen LogP contribution in [0.4, 0.5) is 0 Å². The molecule has 10 N–H and O–H groups in total. The molecule has 2 aromatic carbocycles. The summed E-state index contributed by atoms with van der Waals surface area (Å²) in [6.45, 7) is 1.85. The van der Waals surface area contributed by atoms with Crippen molar-refractivity contribution in [1.29, 1.82) is 0 Å². The van der Waals surface area contributed by atoms with Crippen LogP contribution >= 0.6 is 0 Å². The van der Waals surface area contributed by atoms with Crippen molar-refractivity contribution in [3.05, 3.63) is 53.6 Å². The highest BCUT2D eigenvalue weighted by atomic mass is 16.5. The summed E-state index contributed by atoms with van der Waals surface area (Å²) in [5, 5.41) is 42.9. The molecule has 3 rings (SSSR count). The van der Waals surface area contributed by atoms with Gasteiger partial charge in [-0.1, -0.05) is 12.1 Å². The number of rotatable bonds is 19. The van der Waals surface area contributed by atoms with E-state index in [0.717, 1.165) is 6.92 Å². The van der Waals surface area contributed by atoms with Crippen LogP contribution < -0.4 is 46.5 Å². The van der Waals surface area contributed by atoms with E-state index in [1.165, 1.54) is 21.3 Å². The molecule has 0 saturated carbocycles. The molecule has 6 unspecified atom stereocenters. The standard InChI is InChI=1S/C35H50N6O13/c1-18(16-50-3)38-29(46)17-53-21-8-6-20(7-9-21)30(23-11-10-22(51-4)12-25(23)52-5)40-28(45)14-37-34(49)24(36)13-27(44)41-35-31(39-19(2)43)33(48)32(47)26(15-42)54-35/h6-12,18,24,26,30-33,35,42,47-48H,13-17,36H2,1-5H3,(H,37,49)(H,38,46)(H,39,43)(H,40,45)(H,41,44)/t18?,24?,26?,30?,31?,32-,33?,35-/m1/s1. The molecule has 2 aromatic rings. The van der Waals surface area contributed by atoms with Gasteiger partial charge in [0.05, 0.1) is 52.5 Å².